The van der Waals surface area contributed by atoms with E-state index in [9.17, 15) is 4.39 Å². The first-order valence-electron chi connectivity index (χ1n) is 6.09. The predicted molar refractivity (Wildman–Crippen MR) is 74.7 cm³/mol. The van der Waals surface area contributed by atoms with E-state index in [-0.39, 0.29) is 28.8 Å². The summed E-state index contributed by atoms with van der Waals surface area (Å²) >= 11 is 5.75. The molecule has 0 fully saturated rings. The molecule has 1 aliphatic rings. The van der Waals surface area contributed by atoms with Gasteiger partial charge in [0.1, 0.15) is 5.15 Å². The Morgan fingerprint density at radius 1 is 1.45 bits per heavy atom. The summed E-state index contributed by atoms with van der Waals surface area (Å²) in [5, 5.41) is 3.33. The van der Waals surface area contributed by atoms with Crippen LogP contribution in [0.25, 0.3) is 0 Å². The Kier molecular flexibility index (Phi) is 3.10. The fraction of sp³-hybridized carbons (Fsp3) is 0.231. The minimum absolute atomic E-state index is 0.0237. The smallest absolute Gasteiger partial charge is 0.225 e. The maximum absolute atomic E-state index is 14.4. The molecule has 2 heterocycles. The topological polar surface area (TPSA) is 73.1 Å². The number of benzene rings is 1. The van der Waals surface area contributed by atoms with Gasteiger partial charge in [0, 0.05) is 23.4 Å². The zero-order chi connectivity index (χ0) is 14.3. The third-order valence-corrected chi connectivity index (χ3v) is 3.22. The van der Waals surface area contributed by atoms with Gasteiger partial charge in [-0.15, -0.1) is 0 Å². The highest BCUT2D eigenvalue weighted by atomic mass is 35.5. The number of rotatable bonds is 2. The van der Waals surface area contributed by atoms with Gasteiger partial charge in [0.25, 0.3) is 0 Å². The van der Waals surface area contributed by atoms with Crippen molar-refractivity contribution in [1.29, 1.82) is 0 Å². The van der Waals surface area contributed by atoms with E-state index in [4.69, 9.17) is 22.1 Å². The van der Waals surface area contributed by atoms with Crippen molar-refractivity contribution < 1.29 is 9.13 Å². The molecule has 5 nitrogen and oxygen atoms in total. The molecule has 0 radical (unpaired) electrons. The lowest BCUT2D eigenvalue weighted by molar-refractivity contribution is 0.425. The minimum Gasteiger partial charge on any atom is -0.436 e. The van der Waals surface area contributed by atoms with E-state index in [0.29, 0.717) is 12.0 Å². The molecule has 1 aliphatic heterocycles. The van der Waals surface area contributed by atoms with E-state index in [1.807, 2.05) is 6.92 Å². The molecule has 20 heavy (non-hydrogen) atoms. The zero-order valence-electron chi connectivity index (χ0n) is 10.7. The summed E-state index contributed by atoms with van der Waals surface area (Å²) in [7, 11) is 0. The van der Waals surface area contributed by atoms with Crippen LogP contribution >= 0.6 is 11.6 Å². The second kappa shape index (κ2) is 4.79. The highest BCUT2D eigenvalue weighted by molar-refractivity contribution is 6.29. The van der Waals surface area contributed by atoms with Crippen molar-refractivity contribution >= 4 is 23.2 Å². The average molecular weight is 295 g/mol. The summed E-state index contributed by atoms with van der Waals surface area (Å²) in [6, 6.07) is 4.92. The van der Waals surface area contributed by atoms with Crippen molar-refractivity contribution in [3.63, 3.8) is 0 Å². The molecule has 0 aliphatic carbocycles. The molecule has 0 saturated carbocycles. The number of aromatic nitrogens is 2. The number of hydrogen-bond acceptors (Lipinski definition) is 5. The molecule has 3 rings (SSSR count). The number of anilines is 2. The first kappa shape index (κ1) is 12.9. The standard InChI is InChI=1S/C13H12ClFN4O/c1-6-4-7-8(17-6)2-3-9(12(7)15)20-11-5-10(14)18-13(16)19-11/h2-3,5-6,17H,4H2,1H3,(H2,16,18,19). The van der Waals surface area contributed by atoms with Gasteiger partial charge in [0.2, 0.25) is 11.8 Å². The number of hydrogen-bond donors (Lipinski definition) is 2. The maximum atomic E-state index is 14.4. The summed E-state index contributed by atoms with van der Waals surface area (Å²) in [6.45, 7) is 1.99. The van der Waals surface area contributed by atoms with Gasteiger partial charge in [-0.05, 0) is 25.5 Å². The normalized spacial score (nSPS) is 16.6. The molecule has 7 heteroatoms. The Bertz CT molecular complexity index is 659. The molecular weight excluding hydrogens is 283 g/mol. The molecule has 104 valence electrons. The number of fused-ring (bicyclic) bond motifs is 1. The van der Waals surface area contributed by atoms with Gasteiger partial charge in [-0.25, -0.2) is 9.37 Å². The lowest BCUT2D eigenvalue weighted by Gasteiger charge is -2.09. The average Bonchev–Trinajstić information content (AvgIpc) is 2.73. The van der Waals surface area contributed by atoms with Crippen molar-refractivity contribution in [1.82, 2.24) is 9.97 Å². The van der Waals surface area contributed by atoms with Crippen LogP contribution in [0.2, 0.25) is 5.15 Å². The van der Waals surface area contributed by atoms with E-state index in [2.05, 4.69) is 15.3 Å². The summed E-state index contributed by atoms with van der Waals surface area (Å²) in [4.78, 5) is 7.57. The Hall–Kier alpha value is -2.08. The molecule has 1 unspecified atom stereocenters. The Labute approximate surface area is 119 Å². The SMILES string of the molecule is CC1Cc2c(ccc(Oc3cc(Cl)nc(N)n3)c2F)N1. The fourth-order valence-electron chi connectivity index (χ4n) is 2.21. The van der Waals surface area contributed by atoms with Crippen molar-refractivity contribution in [3.8, 4) is 11.6 Å². The number of nitrogen functional groups attached to an aromatic ring is 1. The summed E-state index contributed by atoms with van der Waals surface area (Å²) < 4.78 is 19.8. The number of nitrogens with one attached hydrogen (secondary N) is 1. The van der Waals surface area contributed by atoms with Crippen LogP contribution < -0.4 is 15.8 Å². The van der Waals surface area contributed by atoms with Crippen LogP contribution in [0, 0.1) is 5.82 Å². The number of nitrogens with zero attached hydrogens (tertiary/aromatic N) is 2. The van der Waals surface area contributed by atoms with Gasteiger partial charge < -0.3 is 15.8 Å². The van der Waals surface area contributed by atoms with Crippen LogP contribution in [0.4, 0.5) is 16.0 Å². The lowest BCUT2D eigenvalue weighted by Crippen LogP contribution is -2.08. The number of halogens is 2. The molecule has 0 spiro atoms. The quantitative estimate of drug-likeness (QED) is 0.833. The van der Waals surface area contributed by atoms with E-state index in [1.165, 1.54) is 6.07 Å². The second-order valence-electron chi connectivity index (χ2n) is 4.64. The van der Waals surface area contributed by atoms with Crippen LogP contribution in [-0.2, 0) is 6.42 Å². The molecule has 0 bridgehead atoms. The lowest BCUT2D eigenvalue weighted by atomic mass is 10.1. The summed E-state index contributed by atoms with van der Waals surface area (Å²) in [6.07, 6.45) is 0.616. The first-order chi connectivity index (χ1) is 9.52. The van der Waals surface area contributed by atoms with Gasteiger partial charge in [-0.1, -0.05) is 11.6 Å². The van der Waals surface area contributed by atoms with E-state index >= 15 is 0 Å². The largest absolute Gasteiger partial charge is 0.436 e. The highest BCUT2D eigenvalue weighted by Gasteiger charge is 2.23. The van der Waals surface area contributed by atoms with E-state index < -0.39 is 5.82 Å². The van der Waals surface area contributed by atoms with Gasteiger partial charge in [0.15, 0.2) is 11.6 Å². The molecule has 0 saturated heterocycles. The third-order valence-electron chi connectivity index (χ3n) is 3.02. The Balaban J connectivity index is 1.94. The van der Waals surface area contributed by atoms with Gasteiger partial charge in [-0.2, -0.15) is 4.98 Å². The van der Waals surface area contributed by atoms with Gasteiger partial charge >= 0.3 is 0 Å². The zero-order valence-corrected chi connectivity index (χ0v) is 11.4. The fourth-order valence-corrected chi connectivity index (χ4v) is 2.39. The van der Waals surface area contributed by atoms with E-state index in [1.54, 1.807) is 12.1 Å². The Morgan fingerprint density at radius 3 is 3.00 bits per heavy atom. The number of ether oxygens (including phenoxy) is 1. The van der Waals surface area contributed by atoms with Crippen LogP contribution in [0.3, 0.4) is 0 Å². The summed E-state index contributed by atoms with van der Waals surface area (Å²) in [5.41, 5.74) is 6.88. The van der Waals surface area contributed by atoms with Crippen LogP contribution in [0.1, 0.15) is 12.5 Å². The molecular formula is C13H12ClFN4O. The molecule has 1 atom stereocenters. The molecule has 1 aromatic carbocycles. The molecule has 3 N–H and O–H groups in total. The maximum Gasteiger partial charge on any atom is 0.225 e. The van der Waals surface area contributed by atoms with Crippen molar-refractivity contribution in [2.45, 2.75) is 19.4 Å². The number of nitrogens with two attached hydrogens (primary N) is 1. The van der Waals surface area contributed by atoms with E-state index in [0.717, 1.165) is 5.69 Å². The second-order valence-corrected chi connectivity index (χ2v) is 5.03. The molecule has 0 amide bonds. The summed E-state index contributed by atoms with van der Waals surface area (Å²) in [5.74, 6) is -0.216. The highest BCUT2D eigenvalue weighted by Crippen LogP contribution is 2.35. The van der Waals surface area contributed by atoms with Crippen LogP contribution in [-0.4, -0.2) is 16.0 Å². The van der Waals surface area contributed by atoms with Crippen LogP contribution in [0.15, 0.2) is 18.2 Å². The van der Waals surface area contributed by atoms with Gasteiger partial charge in [-0.3, -0.25) is 0 Å². The minimum atomic E-state index is -0.396. The predicted octanol–water partition coefficient (Wildman–Crippen LogP) is 3.00. The van der Waals surface area contributed by atoms with Crippen molar-refractivity contribution in [2.75, 3.05) is 11.1 Å². The first-order valence-corrected chi connectivity index (χ1v) is 6.46. The van der Waals surface area contributed by atoms with Crippen molar-refractivity contribution in [3.05, 3.63) is 34.7 Å². The Morgan fingerprint density at radius 2 is 2.25 bits per heavy atom. The monoisotopic (exact) mass is 294 g/mol. The van der Waals surface area contributed by atoms with Crippen LogP contribution in [0.5, 0.6) is 11.6 Å². The van der Waals surface area contributed by atoms with Crippen molar-refractivity contribution in [2.24, 2.45) is 0 Å². The third kappa shape index (κ3) is 2.34. The van der Waals surface area contributed by atoms with Gasteiger partial charge in [0.05, 0.1) is 0 Å². The molecule has 1 aromatic heterocycles. The molecule has 2 aromatic rings.